The number of unbranched alkanes of at least 4 members (excludes halogenated alkanes) is 28. The Morgan fingerprint density at radius 1 is 0.493 bits per heavy atom. The quantitative estimate of drug-likeness (QED) is 0.0243. The number of carbonyl (C=O) groups excluding carboxylic acids is 1. The smallest absolute Gasteiger partial charge is 0.387 e. The second-order valence-electron chi connectivity index (χ2n) is 21.0. The Labute approximate surface area is 439 Å². The van der Waals surface area contributed by atoms with Gasteiger partial charge in [0.05, 0.1) is 39.9 Å². The van der Waals surface area contributed by atoms with Crippen molar-refractivity contribution in [1.82, 2.24) is 5.32 Å². The maximum Gasteiger partial charge on any atom is 0.472 e. The fraction of sp³-hybridized carbons (Fsp3) is 0.758. The van der Waals surface area contributed by atoms with Gasteiger partial charge in [0.1, 0.15) is 13.2 Å². The molecule has 0 aromatic rings. The van der Waals surface area contributed by atoms with Crippen LogP contribution in [0, 0.1) is 0 Å². The van der Waals surface area contributed by atoms with Crippen LogP contribution in [0.3, 0.4) is 0 Å². The van der Waals surface area contributed by atoms with Gasteiger partial charge in [-0.2, -0.15) is 0 Å². The van der Waals surface area contributed by atoms with E-state index in [1.54, 1.807) is 6.08 Å². The predicted octanol–water partition coefficient (Wildman–Crippen LogP) is 18.0. The van der Waals surface area contributed by atoms with Crippen LogP contribution in [0.15, 0.2) is 85.1 Å². The zero-order valence-electron chi connectivity index (χ0n) is 46.9. The van der Waals surface area contributed by atoms with Crippen LogP contribution in [-0.2, 0) is 18.4 Å². The van der Waals surface area contributed by atoms with Crippen molar-refractivity contribution in [3.63, 3.8) is 0 Å². The van der Waals surface area contributed by atoms with E-state index in [1.165, 1.54) is 167 Å². The fourth-order valence-corrected chi connectivity index (χ4v) is 9.04. The van der Waals surface area contributed by atoms with Crippen LogP contribution in [0.25, 0.3) is 0 Å². The molecule has 3 unspecified atom stereocenters. The topological polar surface area (TPSA) is 105 Å². The molecule has 412 valence electrons. The number of aliphatic hydroxyl groups excluding tert-OH is 1. The molecule has 3 N–H and O–H groups in total. The largest absolute Gasteiger partial charge is 0.472 e. The van der Waals surface area contributed by atoms with Crippen molar-refractivity contribution in [3.8, 4) is 0 Å². The second kappa shape index (κ2) is 52.5. The lowest BCUT2D eigenvalue weighted by atomic mass is 10.0. The molecule has 0 aliphatic rings. The Morgan fingerprint density at radius 2 is 0.845 bits per heavy atom. The van der Waals surface area contributed by atoms with Gasteiger partial charge < -0.3 is 19.8 Å². The Morgan fingerprint density at radius 3 is 1.21 bits per heavy atom. The molecule has 0 saturated carbocycles. The Balaban J connectivity index is 4.24. The number of aliphatic hydroxyl groups is 1. The average Bonchev–Trinajstić information content (AvgIpc) is 3.33. The van der Waals surface area contributed by atoms with Crippen molar-refractivity contribution in [2.24, 2.45) is 0 Å². The Kier molecular flexibility index (Phi) is 50.8. The van der Waals surface area contributed by atoms with Crippen LogP contribution in [0.5, 0.6) is 0 Å². The van der Waals surface area contributed by atoms with Crippen LogP contribution >= 0.6 is 7.82 Å². The first-order valence-corrected chi connectivity index (χ1v) is 31.0. The number of likely N-dealkylation sites (N-methyl/N-ethyl adjacent to an activating group) is 1. The summed E-state index contributed by atoms with van der Waals surface area (Å²) >= 11 is 0. The minimum absolute atomic E-state index is 0.0440. The molecular weight excluding hydrogens is 900 g/mol. The van der Waals surface area contributed by atoms with Gasteiger partial charge in [-0.3, -0.25) is 13.8 Å². The van der Waals surface area contributed by atoms with E-state index >= 15 is 0 Å². The summed E-state index contributed by atoms with van der Waals surface area (Å²) in [6, 6.07) is -0.893. The predicted molar refractivity (Wildman–Crippen MR) is 309 cm³/mol. The first-order chi connectivity index (χ1) is 34.5. The monoisotopic (exact) mass is 1010 g/mol. The molecular formula is C62H114N2O6P+. The fourth-order valence-electron chi connectivity index (χ4n) is 8.30. The van der Waals surface area contributed by atoms with Gasteiger partial charge in [-0.1, -0.05) is 272 Å². The lowest BCUT2D eigenvalue weighted by molar-refractivity contribution is -0.870. The summed E-state index contributed by atoms with van der Waals surface area (Å²) in [6.45, 7) is 4.66. The molecule has 1 amide bonds. The Bertz CT molecular complexity index is 1430. The summed E-state index contributed by atoms with van der Waals surface area (Å²) in [6.07, 6.45) is 74.3. The molecule has 0 fully saturated rings. The van der Waals surface area contributed by atoms with Crippen molar-refractivity contribution in [2.75, 3.05) is 40.9 Å². The number of nitrogens with one attached hydrogen (secondary N) is 1. The van der Waals surface area contributed by atoms with Crippen LogP contribution in [0.1, 0.15) is 251 Å². The van der Waals surface area contributed by atoms with Gasteiger partial charge in [-0.15, -0.1) is 0 Å². The number of carbonyl (C=O) groups is 1. The standard InChI is InChI=1S/C62H113N2O6P/c1-6-8-10-12-14-16-18-20-22-24-26-27-28-29-30-31-32-33-34-35-36-38-39-41-43-45-47-49-51-53-55-61(65)60(59-70-71(67,68)69-58-57-64(3,4)5)63-62(66)56-54-52-50-48-46-44-42-40-37-25-23-21-19-17-15-13-11-9-7-2/h9,11,15,17,21,23,37,40,44,46,50,52-53,55,60-61,65H,6-8,10,12-14,16,18-20,22,24-36,38-39,41-43,45,47-49,51,54,56-59H2,1-5H3,(H-,63,66,67,68)/p+1/b11-9-,17-15-,23-21-,40-37-,46-44-,52-50-,55-53+. The van der Waals surface area contributed by atoms with E-state index < -0.39 is 20.0 Å². The SMILES string of the molecule is CC/C=C\C/C=C\C/C=C\C/C=C\C/C=C\C/C=C\CCC(=O)NC(COP(=O)(O)OCC[N+](C)(C)C)C(O)/C=C/CCCCCCCCCCCCCCCCCCCCCCCCCCCCCC. The normalized spacial score (nSPS) is 14.5. The average molecular weight is 1010 g/mol. The number of allylic oxidation sites excluding steroid dienone is 13. The minimum Gasteiger partial charge on any atom is -0.387 e. The number of hydrogen-bond acceptors (Lipinski definition) is 5. The van der Waals surface area contributed by atoms with E-state index in [1.807, 2.05) is 39.4 Å². The molecule has 0 radical (unpaired) electrons. The van der Waals surface area contributed by atoms with Gasteiger partial charge in [0.2, 0.25) is 5.91 Å². The van der Waals surface area contributed by atoms with E-state index in [-0.39, 0.29) is 25.5 Å². The number of quaternary nitrogens is 1. The summed E-state index contributed by atoms with van der Waals surface area (Å²) in [7, 11) is 1.52. The van der Waals surface area contributed by atoms with Gasteiger partial charge in [-0.05, 0) is 57.8 Å². The molecule has 9 heteroatoms. The first kappa shape index (κ1) is 68.7. The molecule has 3 atom stereocenters. The van der Waals surface area contributed by atoms with Crippen LogP contribution < -0.4 is 5.32 Å². The molecule has 0 aromatic heterocycles. The van der Waals surface area contributed by atoms with E-state index in [9.17, 15) is 19.4 Å². The highest BCUT2D eigenvalue weighted by Crippen LogP contribution is 2.43. The number of phosphoric acid groups is 1. The molecule has 0 rings (SSSR count). The molecule has 0 saturated heterocycles. The van der Waals surface area contributed by atoms with E-state index in [0.717, 1.165) is 57.8 Å². The zero-order chi connectivity index (χ0) is 52.0. The van der Waals surface area contributed by atoms with Gasteiger partial charge >= 0.3 is 7.82 Å². The van der Waals surface area contributed by atoms with Crippen molar-refractivity contribution in [3.05, 3.63) is 85.1 Å². The van der Waals surface area contributed by atoms with Crippen molar-refractivity contribution in [2.45, 2.75) is 264 Å². The summed E-state index contributed by atoms with van der Waals surface area (Å²) in [4.78, 5) is 23.2. The molecule has 0 bridgehead atoms. The number of phosphoric ester groups is 1. The third-order valence-corrected chi connectivity index (χ3v) is 13.9. The van der Waals surface area contributed by atoms with Crippen molar-refractivity contribution in [1.29, 1.82) is 0 Å². The summed E-state index contributed by atoms with van der Waals surface area (Å²) in [5, 5.41) is 13.9. The highest BCUT2D eigenvalue weighted by Gasteiger charge is 2.27. The Hall–Kier alpha value is -2.32. The summed E-state index contributed by atoms with van der Waals surface area (Å²) in [5.41, 5.74) is 0. The first-order valence-electron chi connectivity index (χ1n) is 29.5. The lowest BCUT2D eigenvalue weighted by Crippen LogP contribution is -2.45. The highest BCUT2D eigenvalue weighted by molar-refractivity contribution is 7.47. The zero-order valence-corrected chi connectivity index (χ0v) is 47.8. The molecule has 0 aromatic carbocycles. The molecule has 0 spiro atoms. The number of rotatable bonds is 53. The molecule has 0 aliphatic heterocycles. The third-order valence-electron chi connectivity index (χ3n) is 12.9. The van der Waals surface area contributed by atoms with E-state index in [4.69, 9.17) is 9.05 Å². The molecule has 71 heavy (non-hydrogen) atoms. The third kappa shape index (κ3) is 55.3. The van der Waals surface area contributed by atoms with Crippen molar-refractivity contribution < 1.29 is 32.9 Å². The number of nitrogens with zero attached hydrogens (tertiary/aromatic N) is 1. The lowest BCUT2D eigenvalue weighted by Gasteiger charge is -2.25. The second-order valence-corrected chi connectivity index (χ2v) is 22.4. The summed E-state index contributed by atoms with van der Waals surface area (Å²) < 4.78 is 23.7. The summed E-state index contributed by atoms with van der Waals surface area (Å²) in [5.74, 6) is -0.259. The van der Waals surface area contributed by atoms with E-state index in [0.29, 0.717) is 17.4 Å². The van der Waals surface area contributed by atoms with E-state index in [2.05, 4.69) is 79.9 Å². The number of amides is 1. The van der Waals surface area contributed by atoms with Gasteiger partial charge in [0.25, 0.3) is 0 Å². The molecule has 0 aliphatic carbocycles. The maximum atomic E-state index is 12.9. The minimum atomic E-state index is -4.37. The maximum absolute atomic E-state index is 12.9. The molecule has 0 heterocycles. The van der Waals surface area contributed by atoms with Gasteiger partial charge in [0.15, 0.2) is 0 Å². The van der Waals surface area contributed by atoms with Crippen LogP contribution in [-0.4, -0.2) is 73.4 Å². The van der Waals surface area contributed by atoms with Crippen LogP contribution in [0.2, 0.25) is 0 Å². The highest BCUT2D eigenvalue weighted by atomic mass is 31.2. The van der Waals surface area contributed by atoms with Gasteiger partial charge in [0, 0.05) is 6.42 Å². The van der Waals surface area contributed by atoms with Gasteiger partial charge in [-0.25, -0.2) is 4.57 Å². The van der Waals surface area contributed by atoms with Crippen molar-refractivity contribution >= 4 is 13.7 Å². The van der Waals surface area contributed by atoms with Crippen LogP contribution in [0.4, 0.5) is 0 Å². The number of hydrogen-bond donors (Lipinski definition) is 3. The molecule has 8 nitrogen and oxygen atoms in total.